The Morgan fingerprint density at radius 3 is 2.46 bits per heavy atom. The van der Waals surface area contributed by atoms with Crippen molar-refractivity contribution in [2.24, 2.45) is 5.92 Å². The van der Waals surface area contributed by atoms with Gasteiger partial charge in [0, 0.05) is 17.5 Å². The predicted molar refractivity (Wildman–Crippen MR) is 106 cm³/mol. The third-order valence-electron chi connectivity index (χ3n) is 6.10. The molecule has 0 spiro atoms. The van der Waals surface area contributed by atoms with Crippen molar-refractivity contribution in [3.63, 3.8) is 0 Å². The Morgan fingerprint density at radius 2 is 1.75 bits per heavy atom. The molecule has 0 aromatic carbocycles. The number of carbonyl (C=O) groups is 1. The lowest BCUT2D eigenvalue weighted by Gasteiger charge is -2.24. The topological polar surface area (TPSA) is 85.4 Å². The second-order valence-electron chi connectivity index (χ2n) is 9.31. The Hall–Kier alpha value is -1.73. The van der Waals surface area contributed by atoms with Crippen molar-refractivity contribution in [1.82, 2.24) is 15.3 Å². The summed E-state index contributed by atoms with van der Waals surface area (Å²) in [5.74, 6) is 0.909. The minimum atomic E-state index is -0.115. The first-order valence-corrected chi connectivity index (χ1v) is 10.6. The van der Waals surface area contributed by atoms with Crippen LogP contribution < -0.4 is 10.6 Å². The van der Waals surface area contributed by atoms with Crippen molar-refractivity contribution in [2.75, 3.05) is 18.5 Å². The zero-order chi connectivity index (χ0) is 19.7. The van der Waals surface area contributed by atoms with Crippen LogP contribution >= 0.6 is 0 Å². The summed E-state index contributed by atoms with van der Waals surface area (Å²) in [5, 5.41) is 6.56. The summed E-state index contributed by atoms with van der Waals surface area (Å²) < 4.78 is 12.0. The molecule has 3 aliphatic rings. The van der Waals surface area contributed by atoms with Crippen molar-refractivity contribution in [3.8, 4) is 0 Å². The smallest absolute Gasteiger partial charge is 0.223 e. The van der Waals surface area contributed by atoms with E-state index in [2.05, 4.69) is 41.4 Å². The molecule has 4 rings (SSSR count). The number of anilines is 1. The van der Waals surface area contributed by atoms with E-state index in [1.807, 2.05) is 6.07 Å². The standard InChI is InChI=1S/C21H32N4O3/c1-21(2,3)16-9-10-22-20(25-16)24-15-12-28-17-14(11-27-18(15)17)23-19(26)13-7-5-4-6-8-13/h9-10,13-15,17-18H,4-8,11-12H2,1-3H3,(H,23,26)(H,22,24,25)/t14-,15+,17-,18+/m0/s1. The van der Waals surface area contributed by atoms with E-state index in [4.69, 9.17) is 9.47 Å². The molecule has 1 aromatic heterocycles. The number of hydrogen-bond acceptors (Lipinski definition) is 6. The maximum atomic E-state index is 12.6. The number of carbonyl (C=O) groups excluding carboxylic acids is 1. The van der Waals surface area contributed by atoms with Gasteiger partial charge in [0.15, 0.2) is 0 Å². The van der Waals surface area contributed by atoms with E-state index < -0.39 is 0 Å². The molecule has 0 radical (unpaired) electrons. The second kappa shape index (κ2) is 7.95. The maximum absolute atomic E-state index is 12.6. The molecular weight excluding hydrogens is 356 g/mol. The minimum Gasteiger partial charge on any atom is -0.371 e. The van der Waals surface area contributed by atoms with Crippen LogP contribution in [0.3, 0.4) is 0 Å². The predicted octanol–water partition coefficient (Wildman–Crippen LogP) is 2.42. The molecule has 2 saturated heterocycles. The van der Waals surface area contributed by atoms with E-state index in [1.165, 1.54) is 6.42 Å². The number of ether oxygens (including phenoxy) is 2. The summed E-state index contributed by atoms with van der Waals surface area (Å²) >= 11 is 0. The van der Waals surface area contributed by atoms with Crippen molar-refractivity contribution in [1.29, 1.82) is 0 Å². The Morgan fingerprint density at radius 1 is 1.07 bits per heavy atom. The zero-order valence-corrected chi connectivity index (χ0v) is 17.1. The zero-order valence-electron chi connectivity index (χ0n) is 17.1. The highest BCUT2D eigenvalue weighted by molar-refractivity contribution is 5.79. The number of nitrogens with zero attached hydrogens (tertiary/aromatic N) is 2. The van der Waals surface area contributed by atoms with Gasteiger partial charge in [-0.25, -0.2) is 9.97 Å². The van der Waals surface area contributed by atoms with Gasteiger partial charge in [0.2, 0.25) is 11.9 Å². The summed E-state index contributed by atoms with van der Waals surface area (Å²) in [6.07, 6.45) is 7.12. The minimum absolute atomic E-state index is 0.0169. The molecule has 7 nitrogen and oxygen atoms in total. The van der Waals surface area contributed by atoms with Gasteiger partial charge in [0.05, 0.1) is 31.0 Å². The third kappa shape index (κ3) is 4.15. The molecule has 4 atom stereocenters. The maximum Gasteiger partial charge on any atom is 0.223 e. The summed E-state index contributed by atoms with van der Waals surface area (Å²) in [7, 11) is 0. The van der Waals surface area contributed by atoms with Gasteiger partial charge in [0.1, 0.15) is 12.2 Å². The van der Waals surface area contributed by atoms with E-state index in [-0.39, 0.29) is 41.5 Å². The molecule has 1 aromatic rings. The van der Waals surface area contributed by atoms with Crippen molar-refractivity contribution >= 4 is 11.9 Å². The van der Waals surface area contributed by atoms with Gasteiger partial charge < -0.3 is 20.1 Å². The lowest BCUT2D eigenvalue weighted by atomic mass is 9.88. The molecular formula is C21H32N4O3. The summed E-state index contributed by atoms with van der Waals surface area (Å²) in [6.45, 7) is 7.41. The molecule has 7 heteroatoms. The normalized spacial score (nSPS) is 30.8. The monoisotopic (exact) mass is 388 g/mol. The lowest BCUT2D eigenvalue weighted by Crippen LogP contribution is -2.47. The largest absolute Gasteiger partial charge is 0.371 e. The molecule has 28 heavy (non-hydrogen) atoms. The van der Waals surface area contributed by atoms with Crippen molar-refractivity contribution in [2.45, 2.75) is 82.6 Å². The molecule has 3 heterocycles. The first kappa shape index (κ1) is 19.6. The summed E-state index contributed by atoms with van der Waals surface area (Å²) in [5.41, 5.74) is 0.956. The summed E-state index contributed by atoms with van der Waals surface area (Å²) in [6, 6.07) is 1.85. The fourth-order valence-corrected chi connectivity index (χ4v) is 4.42. The highest BCUT2D eigenvalue weighted by Crippen LogP contribution is 2.30. The van der Waals surface area contributed by atoms with Crippen LogP contribution in [0, 0.1) is 5.92 Å². The van der Waals surface area contributed by atoms with Gasteiger partial charge >= 0.3 is 0 Å². The van der Waals surface area contributed by atoms with E-state index >= 15 is 0 Å². The quantitative estimate of drug-likeness (QED) is 0.824. The van der Waals surface area contributed by atoms with E-state index in [9.17, 15) is 4.79 Å². The average molecular weight is 389 g/mol. The number of fused-ring (bicyclic) bond motifs is 1. The molecule has 2 aliphatic heterocycles. The van der Waals surface area contributed by atoms with Crippen LogP contribution in [0.1, 0.15) is 58.6 Å². The Bertz CT molecular complexity index is 699. The van der Waals surface area contributed by atoms with Gasteiger partial charge in [-0.05, 0) is 18.9 Å². The highest BCUT2D eigenvalue weighted by Gasteiger charge is 2.48. The Labute approximate surface area is 167 Å². The van der Waals surface area contributed by atoms with Gasteiger partial charge in [-0.3, -0.25) is 4.79 Å². The first-order valence-electron chi connectivity index (χ1n) is 10.6. The molecule has 0 unspecified atom stereocenters. The SMILES string of the molecule is CC(C)(C)c1ccnc(N[C@@H]2CO[C@@H]3[C@@H]2OC[C@@H]3NC(=O)C2CCCCC2)n1. The van der Waals surface area contributed by atoms with Crippen molar-refractivity contribution in [3.05, 3.63) is 18.0 Å². The molecule has 1 aliphatic carbocycles. The fraction of sp³-hybridized carbons (Fsp3) is 0.762. The van der Waals surface area contributed by atoms with E-state index in [1.54, 1.807) is 6.20 Å². The van der Waals surface area contributed by atoms with Gasteiger partial charge in [-0.1, -0.05) is 40.0 Å². The molecule has 0 bridgehead atoms. The molecule has 3 fully saturated rings. The molecule has 2 N–H and O–H groups in total. The van der Waals surface area contributed by atoms with Crippen LogP contribution in [0.5, 0.6) is 0 Å². The number of hydrogen-bond donors (Lipinski definition) is 2. The number of rotatable bonds is 4. The second-order valence-corrected chi connectivity index (χ2v) is 9.31. The van der Waals surface area contributed by atoms with Crippen LogP contribution in [-0.2, 0) is 19.7 Å². The third-order valence-corrected chi connectivity index (χ3v) is 6.10. The molecule has 1 amide bonds. The Kier molecular flexibility index (Phi) is 5.56. The van der Waals surface area contributed by atoms with E-state index in [0.717, 1.165) is 31.4 Å². The number of amides is 1. The highest BCUT2D eigenvalue weighted by atomic mass is 16.6. The number of nitrogens with one attached hydrogen (secondary N) is 2. The summed E-state index contributed by atoms with van der Waals surface area (Å²) in [4.78, 5) is 21.6. The van der Waals surface area contributed by atoms with Crippen LogP contribution in [0.15, 0.2) is 12.3 Å². The van der Waals surface area contributed by atoms with Crippen molar-refractivity contribution < 1.29 is 14.3 Å². The fourth-order valence-electron chi connectivity index (χ4n) is 4.42. The van der Waals surface area contributed by atoms with Gasteiger partial charge in [-0.2, -0.15) is 0 Å². The van der Waals surface area contributed by atoms with Crippen LogP contribution in [-0.4, -0.2) is 53.4 Å². The number of aromatic nitrogens is 2. The molecule has 154 valence electrons. The van der Waals surface area contributed by atoms with Crippen LogP contribution in [0.2, 0.25) is 0 Å². The van der Waals surface area contributed by atoms with Crippen LogP contribution in [0.4, 0.5) is 5.95 Å². The average Bonchev–Trinajstić information content (AvgIpc) is 3.26. The first-order chi connectivity index (χ1) is 13.4. The molecule has 1 saturated carbocycles. The van der Waals surface area contributed by atoms with Crippen LogP contribution in [0.25, 0.3) is 0 Å². The van der Waals surface area contributed by atoms with E-state index in [0.29, 0.717) is 19.2 Å². The van der Waals surface area contributed by atoms with Gasteiger partial charge in [0.25, 0.3) is 0 Å². The van der Waals surface area contributed by atoms with Gasteiger partial charge in [-0.15, -0.1) is 0 Å². The Balaban J connectivity index is 1.35. The lowest BCUT2D eigenvalue weighted by molar-refractivity contribution is -0.127.